The molecule has 1 fully saturated rings. The topological polar surface area (TPSA) is 158 Å². The Bertz CT molecular complexity index is 2520. The van der Waals surface area contributed by atoms with Gasteiger partial charge in [0, 0.05) is 24.4 Å². The van der Waals surface area contributed by atoms with Gasteiger partial charge in [-0.3, -0.25) is 14.4 Å². The van der Waals surface area contributed by atoms with Gasteiger partial charge in [-0.25, -0.2) is 9.69 Å². The highest BCUT2D eigenvalue weighted by atomic mass is 35.5. The van der Waals surface area contributed by atoms with E-state index in [1.165, 1.54) is 4.90 Å². The number of anilines is 1. The van der Waals surface area contributed by atoms with Crippen LogP contribution in [0.25, 0.3) is 11.1 Å². The summed E-state index contributed by atoms with van der Waals surface area (Å²) in [5.74, 6) is -1.76. The van der Waals surface area contributed by atoms with Gasteiger partial charge < -0.3 is 25.2 Å². The standard InChI is InChI=1S/C48H42Cl2N4O7/c49-38-19-10-30(20-39(38)50)27-60-37-17-15-33(16-18-37)44-47(57)54(46(56)34-4-2-1-3-5-34)42-23-35-22-40(52-26-36(35)24-43(42)61-44)45(55)53-41(48(58)59)21-28-6-11-31(12-7-28)32-13-8-29(25-51)9-14-32/h6-20,23-24,34,40-41,44,52H,1-5,21-22,26-27H2,(H,53,55)(H,58,59). The lowest BCUT2D eigenvalue weighted by atomic mass is 9.87. The Kier molecular flexibility index (Phi) is 12.4. The zero-order valence-corrected chi connectivity index (χ0v) is 34.5. The van der Waals surface area contributed by atoms with Crippen molar-refractivity contribution < 1.29 is 33.8 Å². The second kappa shape index (κ2) is 18.2. The molecule has 0 aromatic heterocycles. The summed E-state index contributed by atoms with van der Waals surface area (Å²) < 4.78 is 12.4. The van der Waals surface area contributed by atoms with E-state index < -0.39 is 36.0 Å². The van der Waals surface area contributed by atoms with Crippen LogP contribution in [-0.4, -0.2) is 40.9 Å². The zero-order chi connectivity index (χ0) is 42.6. The van der Waals surface area contributed by atoms with E-state index in [9.17, 15) is 24.3 Å². The number of carboxylic acids is 1. The molecule has 2 heterocycles. The van der Waals surface area contributed by atoms with E-state index in [-0.39, 0.29) is 37.8 Å². The van der Waals surface area contributed by atoms with Gasteiger partial charge in [-0.15, -0.1) is 0 Å². The number of nitrogens with one attached hydrogen (secondary N) is 2. The minimum Gasteiger partial charge on any atom is -0.489 e. The molecule has 3 aliphatic rings. The Morgan fingerprint density at radius 1 is 0.869 bits per heavy atom. The van der Waals surface area contributed by atoms with Crippen molar-refractivity contribution in [2.45, 2.75) is 76.3 Å². The van der Waals surface area contributed by atoms with Crippen LogP contribution in [0.2, 0.25) is 10.0 Å². The summed E-state index contributed by atoms with van der Waals surface area (Å²) in [7, 11) is 0. The third-order valence-corrected chi connectivity index (χ3v) is 12.3. The summed E-state index contributed by atoms with van der Waals surface area (Å²) in [6.07, 6.45) is 3.42. The molecule has 0 spiro atoms. The highest BCUT2D eigenvalue weighted by Crippen LogP contribution is 2.43. The van der Waals surface area contributed by atoms with Crippen LogP contribution in [0.1, 0.15) is 71.6 Å². The average molecular weight is 858 g/mol. The predicted molar refractivity (Wildman–Crippen MR) is 230 cm³/mol. The van der Waals surface area contributed by atoms with Crippen LogP contribution in [-0.2, 0) is 45.2 Å². The number of imide groups is 1. The van der Waals surface area contributed by atoms with Crippen LogP contribution < -0.4 is 25.0 Å². The number of ether oxygens (including phenoxy) is 2. The van der Waals surface area contributed by atoms with Gasteiger partial charge in [0.05, 0.1) is 33.4 Å². The molecular weight excluding hydrogens is 815 g/mol. The quantitative estimate of drug-likeness (QED) is 0.111. The van der Waals surface area contributed by atoms with Crippen LogP contribution in [0.5, 0.6) is 11.5 Å². The summed E-state index contributed by atoms with van der Waals surface area (Å²) in [4.78, 5) is 56.0. The molecule has 1 saturated carbocycles. The molecule has 5 aromatic carbocycles. The SMILES string of the molecule is N#Cc1ccc(-c2ccc(CC(NC(=O)C3Cc4cc5c(cc4CN3)OC(c3ccc(OCc4ccc(Cl)c(Cl)c4)cc3)C(=O)N5C(=O)C3CCCCC3)C(=O)O)cc2)cc1. The molecule has 310 valence electrons. The zero-order valence-electron chi connectivity index (χ0n) is 33.0. The fourth-order valence-corrected chi connectivity index (χ4v) is 8.51. The third-order valence-electron chi connectivity index (χ3n) is 11.6. The van der Waals surface area contributed by atoms with Crippen LogP contribution in [0.15, 0.2) is 103 Å². The number of carbonyl (C=O) groups is 4. The van der Waals surface area contributed by atoms with Crippen LogP contribution in [0.4, 0.5) is 5.69 Å². The normalized spacial score (nSPS) is 17.9. The van der Waals surface area contributed by atoms with Crippen LogP contribution in [0.3, 0.4) is 0 Å². The third kappa shape index (κ3) is 9.27. The number of hydrogen-bond donors (Lipinski definition) is 3. The second-order valence-corrected chi connectivity index (χ2v) is 16.5. The van der Waals surface area contributed by atoms with Gasteiger partial charge in [0.25, 0.3) is 5.91 Å². The molecule has 61 heavy (non-hydrogen) atoms. The first-order valence-electron chi connectivity index (χ1n) is 20.3. The number of halogens is 2. The van der Waals surface area contributed by atoms with Crippen molar-refractivity contribution in [1.29, 1.82) is 5.26 Å². The second-order valence-electron chi connectivity index (χ2n) is 15.7. The molecule has 0 bridgehead atoms. The van der Waals surface area contributed by atoms with Gasteiger partial charge in [-0.1, -0.05) is 97.1 Å². The minimum absolute atomic E-state index is 0.0683. The van der Waals surface area contributed by atoms with Gasteiger partial charge in [0.1, 0.15) is 24.1 Å². The first-order chi connectivity index (χ1) is 29.5. The molecule has 1 aliphatic carbocycles. The van der Waals surface area contributed by atoms with E-state index in [0.29, 0.717) is 51.2 Å². The van der Waals surface area contributed by atoms with Crippen molar-refractivity contribution in [3.05, 3.63) is 147 Å². The van der Waals surface area contributed by atoms with E-state index in [1.54, 1.807) is 54.6 Å². The number of benzene rings is 5. The van der Waals surface area contributed by atoms with Crippen molar-refractivity contribution in [3.63, 3.8) is 0 Å². The number of rotatable bonds is 11. The number of nitrogens with zero attached hydrogens (tertiary/aromatic N) is 2. The fourth-order valence-electron chi connectivity index (χ4n) is 8.19. The van der Waals surface area contributed by atoms with Gasteiger partial charge >= 0.3 is 5.97 Å². The van der Waals surface area contributed by atoms with Crippen molar-refractivity contribution >= 4 is 52.6 Å². The van der Waals surface area contributed by atoms with E-state index in [4.69, 9.17) is 37.9 Å². The maximum absolute atomic E-state index is 14.4. The average Bonchev–Trinajstić information content (AvgIpc) is 3.28. The number of aliphatic carboxylic acids is 1. The van der Waals surface area contributed by atoms with E-state index in [1.807, 2.05) is 48.5 Å². The van der Waals surface area contributed by atoms with E-state index >= 15 is 0 Å². The molecule has 3 unspecified atom stereocenters. The Labute approximate surface area is 363 Å². The summed E-state index contributed by atoms with van der Waals surface area (Å²) in [5.41, 5.74) is 6.45. The number of nitriles is 1. The number of carboxylic acid groups (broad SMARTS) is 1. The molecule has 3 atom stereocenters. The van der Waals surface area contributed by atoms with Crippen molar-refractivity contribution in [1.82, 2.24) is 10.6 Å². The molecule has 0 radical (unpaired) electrons. The summed E-state index contributed by atoms with van der Waals surface area (Å²) in [5, 5.41) is 26.1. The Balaban J connectivity index is 0.979. The summed E-state index contributed by atoms with van der Waals surface area (Å²) in [6, 6.07) is 30.6. The highest BCUT2D eigenvalue weighted by molar-refractivity contribution is 6.42. The molecule has 13 heteroatoms. The van der Waals surface area contributed by atoms with Crippen LogP contribution in [0, 0.1) is 17.2 Å². The number of carbonyl (C=O) groups excluding carboxylic acids is 3. The van der Waals surface area contributed by atoms with E-state index in [0.717, 1.165) is 52.6 Å². The van der Waals surface area contributed by atoms with Gasteiger partial charge in [-0.2, -0.15) is 5.26 Å². The molecule has 0 saturated heterocycles. The monoisotopic (exact) mass is 856 g/mol. The summed E-state index contributed by atoms with van der Waals surface area (Å²) >= 11 is 12.2. The molecule has 11 nitrogen and oxygen atoms in total. The summed E-state index contributed by atoms with van der Waals surface area (Å²) in [6.45, 7) is 0.532. The Hall–Kier alpha value is -6.19. The first kappa shape index (κ1) is 41.5. The number of fused-ring (bicyclic) bond motifs is 2. The lowest BCUT2D eigenvalue weighted by Crippen LogP contribution is -2.53. The lowest BCUT2D eigenvalue weighted by Gasteiger charge is -2.37. The van der Waals surface area contributed by atoms with Crippen molar-refractivity contribution in [2.75, 3.05) is 4.90 Å². The Morgan fingerprint density at radius 2 is 1.56 bits per heavy atom. The highest BCUT2D eigenvalue weighted by Gasteiger charge is 2.42. The van der Waals surface area contributed by atoms with Gasteiger partial charge in [-0.05, 0) is 101 Å². The Morgan fingerprint density at radius 3 is 2.23 bits per heavy atom. The molecule has 3 amide bonds. The maximum atomic E-state index is 14.4. The lowest BCUT2D eigenvalue weighted by molar-refractivity contribution is -0.142. The van der Waals surface area contributed by atoms with Crippen molar-refractivity contribution in [2.24, 2.45) is 5.92 Å². The van der Waals surface area contributed by atoms with Gasteiger partial charge in [0.2, 0.25) is 17.9 Å². The fraction of sp³-hybridized carbons (Fsp3) is 0.271. The molecule has 8 rings (SSSR count). The molecule has 5 aromatic rings. The van der Waals surface area contributed by atoms with Crippen molar-refractivity contribution in [3.8, 4) is 28.7 Å². The molecular formula is C48H42Cl2N4O7. The van der Waals surface area contributed by atoms with E-state index in [2.05, 4.69) is 16.7 Å². The molecule has 2 aliphatic heterocycles. The molecule has 3 N–H and O–H groups in total. The smallest absolute Gasteiger partial charge is 0.326 e. The first-order valence-corrected chi connectivity index (χ1v) is 21.0. The minimum atomic E-state index is -1.19. The maximum Gasteiger partial charge on any atom is 0.326 e. The van der Waals surface area contributed by atoms with Crippen LogP contribution >= 0.6 is 23.2 Å². The number of amides is 3. The predicted octanol–water partition coefficient (Wildman–Crippen LogP) is 8.51. The number of hydrogen-bond acceptors (Lipinski definition) is 8. The largest absolute Gasteiger partial charge is 0.489 e. The van der Waals surface area contributed by atoms with Gasteiger partial charge in [0.15, 0.2) is 0 Å².